The van der Waals surface area contributed by atoms with Crippen molar-refractivity contribution in [3.05, 3.63) is 33.9 Å². The third kappa shape index (κ3) is 5.00. The fraction of sp³-hybridized carbons (Fsp3) is 0.500. The van der Waals surface area contributed by atoms with E-state index in [1.165, 1.54) is 38.5 Å². The lowest BCUT2D eigenvalue weighted by atomic mass is 9.85. The molecule has 1 aromatic carbocycles. The summed E-state index contributed by atoms with van der Waals surface area (Å²) in [6, 6.07) is 4.44. The largest absolute Gasteiger partial charge is 0.496 e. The molecule has 0 heterocycles. The summed E-state index contributed by atoms with van der Waals surface area (Å²) >= 11 is 0. The van der Waals surface area contributed by atoms with E-state index in [0.717, 1.165) is 6.54 Å². The van der Waals surface area contributed by atoms with E-state index in [0.29, 0.717) is 23.2 Å². The van der Waals surface area contributed by atoms with Gasteiger partial charge in [-0.15, -0.1) is 24.0 Å². The zero-order valence-corrected chi connectivity index (χ0v) is 14.8. The number of aliphatic imine (C=N–C) groups is 1. The number of methoxy groups -OCH3 is 1. The highest BCUT2D eigenvalue weighted by Gasteiger charge is 2.17. The van der Waals surface area contributed by atoms with Gasteiger partial charge in [0.15, 0.2) is 5.96 Å². The second kappa shape index (κ2) is 8.76. The first kappa shape index (κ1) is 18.5. The first-order chi connectivity index (χ1) is 10.1. The maximum Gasteiger partial charge on any atom is 0.270 e. The van der Waals surface area contributed by atoms with Crippen LogP contribution in [0, 0.1) is 16.0 Å². The summed E-state index contributed by atoms with van der Waals surface area (Å²) < 4.78 is 5.18. The Morgan fingerprint density at radius 3 is 2.82 bits per heavy atom. The van der Waals surface area contributed by atoms with Crippen LogP contribution >= 0.6 is 24.0 Å². The molecule has 1 aromatic rings. The summed E-state index contributed by atoms with van der Waals surface area (Å²) in [5, 5.41) is 13.9. The quantitative estimate of drug-likeness (QED) is 0.242. The molecule has 1 saturated carbocycles. The van der Waals surface area contributed by atoms with Crippen molar-refractivity contribution in [2.75, 3.05) is 13.7 Å². The van der Waals surface area contributed by atoms with E-state index in [4.69, 9.17) is 10.5 Å². The highest BCUT2D eigenvalue weighted by atomic mass is 127. The van der Waals surface area contributed by atoms with Gasteiger partial charge in [-0.2, -0.15) is 0 Å². The molecule has 0 spiro atoms. The van der Waals surface area contributed by atoms with Crippen LogP contribution in [0.2, 0.25) is 0 Å². The number of ether oxygens (including phenoxy) is 1. The monoisotopic (exact) mass is 420 g/mol. The molecule has 1 aliphatic carbocycles. The molecule has 0 unspecified atom stereocenters. The van der Waals surface area contributed by atoms with Crippen LogP contribution < -0.4 is 15.8 Å². The van der Waals surface area contributed by atoms with Crippen LogP contribution in [0.4, 0.5) is 5.69 Å². The lowest BCUT2D eigenvalue weighted by molar-refractivity contribution is -0.384. The van der Waals surface area contributed by atoms with Gasteiger partial charge in [-0.05, 0) is 24.8 Å². The minimum absolute atomic E-state index is 0. The molecule has 8 heteroatoms. The summed E-state index contributed by atoms with van der Waals surface area (Å²) in [5.74, 6) is 1.61. The summed E-state index contributed by atoms with van der Waals surface area (Å²) in [6.07, 6.45) is 3.76. The Morgan fingerprint density at radius 2 is 2.27 bits per heavy atom. The predicted octanol–water partition coefficient (Wildman–Crippen LogP) is 2.43. The van der Waals surface area contributed by atoms with E-state index in [2.05, 4.69) is 10.3 Å². The van der Waals surface area contributed by atoms with Crippen molar-refractivity contribution >= 4 is 35.6 Å². The van der Waals surface area contributed by atoms with Crippen molar-refractivity contribution in [3.63, 3.8) is 0 Å². The minimum atomic E-state index is -0.440. The zero-order valence-electron chi connectivity index (χ0n) is 12.4. The number of halogens is 1. The standard InChI is InChI=1S/C14H20N4O3.HI/c1-21-13-6-5-12(18(19)20)7-11(13)9-17-14(15)16-8-10-3-2-4-10;/h5-7,10H,2-4,8-9H2,1H3,(H3,15,16,17);1H. The van der Waals surface area contributed by atoms with E-state index < -0.39 is 4.92 Å². The average Bonchev–Trinajstić information content (AvgIpc) is 2.43. The molecule has 0 saturated heterocycles. The molecule has 22 heavy (non-hydrogen) atoms. The molecular weight excluding hydrogens is 399 g/mol. The van der Waals surface area contributed by atoms with Gasteiger partial charge in [0, 0.05) is 24.2 Å². The second-order valence-electron chi connectivity index (χ2n) is 5.13. The molecule has 0 radical (unpaired) electrons. The van der Waals surface area contributed by atoms with Gasteiger partial charge in [0.2, 0.25) is 0 Å². The Labute approximate surface area is 146 Å². The molecule has 1 aliphatic rings. The van der Waals surface area contributed by atoms with Crippen molar-refractivity contribution < 1.29 is 9.66 Å². The first-order valence-electron chi connectivity index (χ1n) is 6.95. The molecule has 7 nitrogen and oxygen atoms in total. The summed E-state index contributed by atoms with van der Waals surface area (Å²) in [6.45, 7) is 1.08. The van der Waals surface area contributed by atoms with Crippen LogP contribution in [-0.2, 0) is 6.54 Å². The molecule has 0 amide bonds. The van der Waals surface area contributed by atoms with Gasteiger partial charge in [0.05, 0.1) is 18.6 Å². The van der Waals surface area contributed by atoms with Gasteiger partial charge in [0.25, 0.3) is 5.69 Å². The fourth-order valence-electron chi connectivity index (χ4n) is 2.17. The average molecular weight is 420 g/mol. The van der Waals surface area contributed by atoms with Gasteiger partial charge < -0.3 is 15.8 Å². The van der Waals surface area contributed by atoms with Crippen molar-refractivity contribution in [2.45, 2.75) is 25.8 Å². The molecule has 3 N–H and O–H groups in total. The number of hydrogen-bond donors (Lipinski definition) is 2. The topological polar surface area (TPSA) is 103 Å². The molecule has 2 rings (SSSR count). The Bertz CT molecular complexity index is 547. The number of hydrogen-bond acceptors (Lipinski definition) is 4. The van der Waals surface area contributed by atoms with Gasteiger partial charge >= 0.3 is 0 Å². The number of nitro groups is 1. The van der Waals surface area contributed by atoms with Gasteiger partial charge in [-0.25, -0.2) is 4.99 Å². The number of non-ortho nitro benzene ring substituents is 1. The summed E-state index contributed by atoms with van der Waals surface area (Å²) in [7, 11) is 1.52. The van der Waals surface area contributed by atoms with Crippen molar-refractivity contribution in [1.29, 1.82) is 0 Å². The van der Waals surface area contributed by atoms with E-state index in [1.54, 1.807) is 6.07 Å². The van der Waals surface area contributed by atoms with Crippen LogP contribution in [0.5, 0.6) is 5.75 Å². The highest BCUT2D eigenvalue weighted by molar-refractivity contribution is 14.0. The van der Waals surface area contributed by atoms with Crippen LogP contribution in [0.1, 0.15) is 24.8 Å². The predicted molar refractivity (Wildman–Crippen MR) is 95.7 cm³/mol. The number of nitrogens with two attached hydrogens (primary N) is 1. The normalized spacial score (nSPS) is 14.7. The molecule has 0 aromatic heterocycles. The Kier molecular flexibility index (Phi) is 7.36. The van der Waals surface area contributed by atoms with Crippen LogP contribution in [0.25, 0.3) is 0 Å². The number of nitrogens with one attached hydrogen (secondary N) is 1. The second-order valence-corrected chi connectivity index (χ2v) is 5.13. The van der Waals surface area contributed by atoms with E-state index in [9.17, 15) is 10.1 Å². The van der Waals surface area contributed by atoms with Gasteiger partial charge in [-0.3, -0.25) is 10.1 Å². The maximum atomic E-state index is 10.8. The molecule has 0 bridgehead atoms. The Balaban J connectivity index is 0.00000242. The molecule has 0 atom stereocenters. The first-order valence-corrected chi connectivity index (χ1v) is 6.95. The van der Waals surface area contributed by atoms with Crippen LogP contribution in [-0.4, -0.2) is 24.5 Å². The van der Waals surface area contributed by atoms with Crippen LogP contribution in [0.15, 0.2) is 23.2 Å². The van der Waals surface area contributed by atoms with Crippen molar-refractivity contribution in [1.82, 2.24) is 5.32 Å². The van der Waals surface area contributed by atoms with E-state index >= 15 is 0 Å². The third-order valence-electron chi connectivity index (χ3n) is 3.69. The summed E-state index contributed by atoms with van der Waals surface area (Å²) in [5.41, 5.74) is 6.46. The van der Waals surface area contributed by atoms with Crippen LogP contribution in [0.3, 0.4) is 0 Å². The van der Waals surface area contributed by atoms with E-state index in [-0.39, 0.29) is 36.2 Å². The number of benzene rings is 1. The Hall–Kier alpha value is -1.58. The maximum absolute atomic E-state index is 10.8. The third-order valence-corrected chi connectivity index (χ3v) is 3.69. The lowest BCUT2D eigenvalue weighted by Crippen LogP contribution is -2.37. The van der Waals surface area contributed by atoms with Crippen molar-refractivity contribution in [3.8, 4) is 5.75 Å². The highest BCUT2D eigenvalue weighted by Crippen LogP contribution is 2.25. The fourth-order valence-corrected chi connectivity index (χ4v) is 2.17. The minimum Gasteiger partial charge on any atom is -0.496 e. The number of nitrogens with zero attached hydrogens (tertiary/aromatic N) is 2. The van der Waals surface area contributed by atoms with Gasteiger partial charge in [0.1, 0.15) is 5.75 Å². The van der Waals surface area contributed by atoms with E-state index in [1.807, 2.05) is 0 Å². The zero-order chi connectivity index (χ0) is 15.2. The molecule has 0 aliphatic heterocycles. The van der Waals surface area contributed by atoms with Gasteiger partial charge in [-0.1, -0.05) is 6.42 Å². The molecule has 122 valence electrons. The number of nitro benzene ring substituents is 1. The summed E-state index contributed by atoms with van der Waals surface area (Å²) in [4.78, 5) is 14.6. The number of rotatable bonds is 6. The smallest absolute Gasteiger partial charge is 0.270 e. The Morgan fingerprint density at radius 1 is 1.55 bits per heavy atom. The lowest BCUT2D eigenvalue weighted by Gasteiger charge is -2.25. The molecular formula is C14H21IN4O3. The number of guanidine groups is 1. The van der Waals surface area contributed by atoms with Crippen molar-refractivity contribution in [2.24, 2.45) is 16.6 Å². The molecule has 1 fully saturated rings. The SMILES string of the molecule is COc1ccc([N+](=O)[O-])cc1CN=C(N)NCC1CCC1.I.